The van der Waals surface area contributed by atoms with E-state index >= 15 is 0 Å². The molecule has 1 amide bonds. The van der Waals surface area contributed by atoms with Crippen LogP contribution in [0.5, 0.6) is 11.5 Å². The van der Waals surface area contributed by atoms with Gasteiger partial charge in [-0.3, -0.25) is 14.5 Å². The molecule has 0 spiro atoms. The molecule has 1 atom stereocenters. The summed E-state index contributed by atoms with van der Waals surface area (Å²) >= 11 is 5.97. The molecule has 1 saturated heterocycles. The van der Waals surface area contributed by atoms with E-state index in [9.17, 15) is 19.1 Å². The minimum atomic E-state index is -0.978. The maximum Gasteiger partial charge on any atom is 0.300 e. The fourth-order valence-electron chi connectivity index (χ4n) is 3.95. The van der Waals surface area contributed by atoms with E-state index in [1.165, 1.54) is 24.1 Å². The summed E-state index contributed by atoms with van der Waals surface area (Å²) in [5.41, 5.74) is 1.01. The Morgan fingerprint density at radius 1 is 1.00 bits per heavy atom. The lowest BCUT2D eigenvalue weighted by Gasteiger charge is -2.25. The van der Waals surface area contributed by atoms with Crippen LogP contribution in [0, 0.1) is 5.82 Å². The van der Waals surface area contributed by atoms with Crippen LogP contribution in [0.4, 0.5) is 10.1 Å². The summed E-state index contributed by atoms with van der Waals surface area (Å²) in [4.78, 5) is 27.6. The van der Waals surface area contributed by atoms with Gasteiger partial charge in [-0.05, 0) is 74.0 Å². The van der Waals surface area contributed by atoms with Crippen LogP contribution in [0.25, 0.3) is 5.76 Å². The number of ether oxygens (including phenoxy) is 2. The summed E-state index contributed by atoms with van der Waals surface area (Å²) < 4.78 is 24.7. The molecule has 0 bridgehead atoms. The average molecular weight is 496 g/mol. The number of Topliss-reactive ketones (excluding diaryl/α,β-unsaturated/α-hetero) is 1. The van der Waals surface area contributed by atoms with Crippen LogP contribution in [0.3, 0.4) is 0 Å². The molecule has 1 unspecified atom stereocenters. The highest BCUT2D eigenvalue weighted by molar-refractivity contribution is 6.51. The molecule has 0 saturated carbocycles. The van der Waals surface area contributed by atoms with Gasteiger partial charge in [-0.2, -0.15) is 0 Å². The summed E-state index contributed by atoms with van der Waals surface area (Å²) in [6, 6.07) is 16.1. The van der Waals surface area contributed by atoms with Crippen LogP contribution < -0.4 is 14.4 Å². The fourth-order valence-corrected chi connectivity index (χ4v) is 4.13. The number of anilines is 1. The molecule has 6 nitrogen and oxygen atoms in total. The molecule has 4 rings (SSSR count). The number of amides is 1. The van der Waals surface area contributed by atoms with Crippen molar-refractivity contribution in [2.45, 2.75) is 26.0 Å². The molecule has 180 valence electrons. The number of hydrogen-bond acceptors (Lipinski definition) is 5. The maximum atomic E-state index is 13.8. The lowest BCUT2D eigenvalue weighted by atomic mass is 9.95. The smallest absolute Gasteiger partial charge is 0.300 e. The zero-order valence-electron chi connectivity index (χ0n) is 19.3. The number of ketones is 1. The Morgan fingerprint density at radius 3 is 2.20 bits per heavy atom. The van der Waals surface area contributed by atoms with Crippen molar-refractivity contribution in [1.82, 2.24) is 0 Å². The molecule has 1 fully saturated rings. The summed E-state index contributed by atoms with van der Waals surface area (Å²) in [6.45, 7) is 3.79. The van der Waals surface area contributed by atoms with Crippen molar-refractivity contribution in [3.05, 3.63) is 94.3 Å². The number of rotatable bonds is 6. The maximum absolute atomic E-state index is 13.8. The SMILES string of the molecule is COc1ccc(C2/C(=C(\O)c3ccc(OC(C)C)cc3)C(=O)C(=O)N2c2ccc(F)c(Cl)c2)cc1. The first-order valence-corrected chi connectivity index (χ1v) is 11.3. The van der Waals surface area contributed by atoms with Gasteiger partial charge in [-0.15, -0.1) is 0 Å². The molecule has 35 heavy (non-hydrogen) atoms. The van der Waals surface area contributed by atoms with Crippen molar-refractivity contribution in [3.63, 3.8) is 0 Å². The van der Waals surface area contributed by atoms with Crippen molar-refractivity contribution in [3.8, 4) is 11.5 Å². The van der Waals surface area contributed by atoms with E-state index in [1.54, 1.807) is 48.5 Å². The minimum absolute atomic E-state index is 0.0302. The molecule has 0 radical (unpaired) electrons. The van der Waals surface area contributed by atoms with E-state index in [4.69, 9.17) is 21.1 Å². The second-order valence-electron chi connectivity index (χ2n) is 8.23. The van der Waals surface area contributed by atoms with Crippen LogP contribution in [0.2, 0.25) is 5.02 Å². The van der Waals surface area contributed by atoms with Crippen LogP contribution in [0.15, 0.2) is 72.3 Å². The highest BCUT2D eigenvalue weighted by Crippen LogP contribution is 2.43. The normalized spacial score (nSPS) is 17.2. The van der Waals surface area contributed by atoms with Gasteiger partial charge in [0.15, 0.2) is 0 Å². The van der Waals surface area contributed by atoms with Gasteiger partial charge < -0.3 is 14.6 Å². The van der Waals surface area contributed by atoms with Gasteiger partial charge in [0.25, 0.3) is 11.7 Å². The number of carbonyl (C=O) groups is 2. The van der Waals surface area contributed by atoms with Gasteiger partial charge in [-0.25, -0.2) is 4.39 Å². The van der Waals surface area contributed by atoms with Crippen LogP contribution in [-0.2, 0) is 9.59 Å². The minimum Gasteiger partial charge on any atom is -0.507 e. The van der Waals surface area contributed by atoms with Gasteiger partial charge in [0.1, 0.15) is 23.1 Å². The Labute approximate surface area is 207 Å². The van der Waals surface area contributed by atoms with E-state index in [2.05, 4.69) is 0 Å². The lowest BCUT2D eigenvalue weighted by molar-refractivity contribution is -0.132. The van der Waals surface area contributed by atoms with Crippen molar-refractivity contribution >= 4 is 34.7 Å². The number of halogens is 2. The number of aliphatic hydroxyl groups excluding tert-OH is 1. The van der Waals surface area contributed by atoms with E-state index in [-0.39, 0.29) is 28.1 Å². The molecule has 1 heterocycles. The summed E-state index contributed by atoms with van der Waals surface area (Å²) in [7, 11) is 1.52. The fraction of sp³-hybridized carbons (Fsp3) is 0.185. The Balaban J connectivity index is 1.87. The Bertz CT molecular complexity index is 1300. The van der Waals surface area contributed by atoms with Crippen LogP contribution in [0.1, 0.15) is 31.0 Å². The Kier molecular flexibility index (Phi) is 6.80. The molecular weight excluding hydrogens is 473 g/mol. The standard InChI is InChI=1S/C27H23ClFNO5/c1-15(2)35-20-11-6-17(7-12-20)25(31)23-24(16-4-9-19(34-3)10-5-16)30(27(33)26(23)32)18-8-13-22(29)21(28)14-18/h4-15,24,31H,1-3H3/b25-23+. The molecule has 3 aromatic carbocycles. The van der Waals surface area contributed by atoms with Crippen LogP contribution in [-0.4, -0.2) is 30.0 Å². The van der Waals surface area contributed by atoms with Gasteiger partial charge >= 0.3 is 0 Å². The van der Waals surface area contributed by atoms with E-state index < -0.39 is 23.5 Å². The molecule has 1 aliphatic heterocycles. The third-order valence-corrected chi connectivity index (χ3v) is 5.85. The quantitative estimate of drug-likeness (QED) is 0.262. The molecule has 8 heteroatoms. The predicted octanol–water partition coefficient (Wildman–Crippen LogP) is 5.90. The third-order valence-electron chi connectivity index (χ3n) is 5.56. The number of nitrogens with zero attached hydrogens (tertiary/aromatic N) is 1. The third kappa shape index (κ3) is 4.72. The van der Waals surface area contributed by atoms with Crippen molar-refractivity contribution < 1.29 is 28.6 Å². The van der Waals surface area contributed by atoms with Gasteiger partial charge in [0, 0.05) is 11.3 Å². The second-order valence-corrected chi connectivity index (χ2v) is 8.64. The number of methoxy groups -OCH3 is 1. The average Bonchev–Trinajstić information content (AvgIpc) is 3.11. The molecule has 3 aromatic rings. The van der Waals surface area contributed by atoms with E-state index in [0.29, 0.717) is 22.6 Å². The highest BCUT2D eigenvalue weighted by Gasteiger charge is 2.47. The van der Waals surface area contributed by atoms with Gasteiger partial charge in [0.2, 0.25) is 0 Å². The highest BCUT2D eigenvalue weighted by atomic mass is 35.5. The summed E-state index contributed by atoms with van der Waals surface area (Å²) in [5.74, 6) is -1.55. The zero-order chi connectivity index (χ0) is 25.3. The first-order valence-electron chi connectivity index (χ1n) is 10.9. The van der Waals surface area contributed by atoms with Crippen molar-refractivity contribution in [2.75, 3.05) is 12.0 Å². The zero-order valence-corrected chi connectivity index (χ0v) is 20.0. The second kappa shape index (κ2) is 9.80. The molecular formula is C27H23ClFNO5. The van der Waals surface area contributed by atoms with E-state index in [1.807, 2.05) is 13.8 Å². The topological polar surface area (TPSA) is 76.1 Å². The number of benzene rings is 3. The van der Waals surface area contributed by atoms with Gasteiger partial charge in [-0.1, -0.05) is 23.7 Å². The lowest BCUT2D eigenvalue weighted by Crippen LogP contribution is -2.29. The molecule has 0 aliphatic carbocycles. The monoisotopic (exact) mass is 495 g/mol. The first kappa shape index (κ1) is 24.3. The predicted molar refractivity (Wildman–Crippen MR) is 131 cm³/mol. The Hall–Kier alpha value is -3.84. The van der Waals surface area contributed by atoms with E-state index in [0.717, 1.165) is 6.07 Å². The molecule has 1 N–H and O–H groups in total. The van der Waals surface area contributed by atoms with Crippen molar-refractivity contribution in [1.29, 1.82) is 0 Å². The number of hydrogen-bond donors (Lipinski definition) is 1. The van der Waals surface area contributed by atoms with Crippen molar-refractivity contribution in [2.24, 2.45) is 0 Å². The van der Waals surface area contributed by atoms with Crippen LogP contribution >= 0.6 is 11.6 Å². The largest absolute Gasteiger partial charge is 0.507 e. The number of aliphatic hydroxyl groups is 1. The molecule has 1 aliphatic rings. The molecule has 0 aromatic heterocycles. The summed E-state index contributed by atoms with van der Waals surface area (Å²) in [5, 5.41) is 11.0. The Morgan fingerprint density at radius 2 is 1.63 bits per heavy atom. The first-order chi connectivity index (χ1) is 16.7. The van der Waals surface area contributed by atoms with Gasteiger partial charge in [0.05, 0.1) is 29.9 Å². The summed E-state index contributed by atoms with van der Waals surface area (Å²) in [6.07, 6.45) is -0.0302. The number of carbonyl (C=O) groups excluding carboxylic acids is 2.